The van der Waals surface area contributed by atoms with Crippen molar-refractivity contribution in [2.45, 2.75) is 50.7 Å². The standard InChI is InChI=1S/C18H24N2O2S/c1-13-8-9-14(11-16(13)20-10-4-7-18(20)22)19-17(21)12-23-15-5-2-3-6-15/h8-9,11,15H,2-7,10,12H2,1H3,(H,19,21). The van der Waals surface area contributed by atoms with Crippen LogP contribution < -0.4 is 10.2 Å². The fraction of sp³-hybridized carbons (Fsp3) is 0.556. The summed E-state index contributed by atoms with van der Waals surface area (Å²) in [6, 6.07) is 5.81. The monoisotopic (exact) mass is 332 g/mol. The number of nitrogens with one attached hydrogen (secondary N) is 1. The predicted molar refractivity (Wildman–Crippen MR) is 96.1 cm³/mol. The molecule has 1 saturated heterocycles. The SMILES string of the molecule is Cc1ccc(NC(=O)CSC2CCCC2)cc1N1CCCC1=O. The smallest absolute Gasteiger partial charge is 0.234 e. The molecule has 23 heavy (non-hydrogen) atoms. The van der Waals surface area contributed by atoms with Crippen LogP contribution in [0.25, 0.3) is 0 Å². The number of thioether (sulfide) groups is 1. The molecule has 124 valence electrons. The number of anilines is 2. The van der Waals surface area contributed by atoms with E-state index < -0.39 is 0 Å². The lowest BCUT2D eigenvalue weighted by molar-refractivity contribution is -0.117. The van der Waals surface area contributed by atoms with Crippen LogP contribution in [0.4, 0.5) is 11.4 Å². The van der Waals surface area contributed by atoms with Crippen molar-refractivity contribution in [3.8, 4) is 0 Å². The molecule has 1 aromatic carbocycles. The van der Waals surface area contributed by atoms with Gasteiger partial charge in [0, 0.05) is 29.6 Å². The first-order chi connectivity index (χ1) is 11.1. The Bertz CT molecular complexity index is 597. The third-order valence-corrected chi connectivity index (χ3v) is 5.98. The lowest BCUT2D eigenvalue weighted by atomic mass is 10.1. The summed E-state index contributed by atoms with van der Waals surface area (Å²) in [5, 5.41) is 3.62. The molecular weight excluding hydrogens is 308 g/mol. The molecule has 3 rings (SSSR count). The van der Waals surface area contributed by atoms with Gasteiger partial charge in [-0.3, -0.25) is 9.59 Å². The molecule has 1 N–H and O–H groups in total. The number of rotatable bonds is 5. The summed E-state index contributed by atoms with van der Waals surface area (Å²) in [5.41, 5.74) is 2.77. The predicted octanol–water partition coefficient (Wildman–Crippen LogP) is 3.74. The highest BCUT2D eigenvalue weighted by Gasteiger charge is 2.23. The summed E-state index contributed by atoms with van der Waals surface area (Å²) in [6.45, 7) is 2.77. The summed E-state index contributed by atoms with van der Waals surface area (Å²) in [5.74, 6) is 0.731. The highest BCUT2D eigenvalue weighted by molar-refractivity contribution is 8.00. The van der Waals surface area contributed by atoms with Crippen LogP contribution in [0, 0.1) is 6.92 Å². The number of nitrogens with zero attached hydrogens (tertiary/aromatic N) is 1. The molecule has 0 atom stereocenters. The van der Waals surface area contributed by atoms with E-state index in [0.717, 1.165) is 29.9 Å². The highest BCUT2D eigenvalue weighted by Crippen LogP contribution is 2.30. The van der Waals surface area contributed by atoms with Crippen LogP contribution in [0.1, 0.15) is 44.1 Å². The highest BCUT2D eigenvalue weighted by atomic mass is 32.2. The van der Waals surface area contributed by atoms with Gasteiger partial charge in [0.15, 0.2) is 0 Å². The number of hydrogen-bond acceptors (Lipinski definition) is 3. The minimum Gasteiger partial charge on any atom is -0.325 e. The van der Waals surface area contributed by atoms with Gasteiger partial charge in [-0.1, -0.05) is 18.9 Å². The Morgan fingerprint density at radius 3 is 2.78 bits per heavy atom. The van der Waals surface area contributed by atoms with Gasteiger partial charge in [0.25, 0.3) is 0 Å². The molecule has 0 bridgehead atoms. The van der Waals surface area contributed by atoms with Crippen molar-refractivity contribution in [2.24, 2.45) is 0 Å². The molecule has 1 aliphatic heterocycles. The van der Waals surface area contributed by atoms with E-state index in [1.165, 1.54) is 25.7 Å². The third kappa shape index (κ3) is 4.08. The van der Waals surface area contributed by atoms with E-state index in [0.29, 0.717) is 17.4 Å². The quantitative estimate of drug-likeness (QED) is 0.893. The van der Waals surface area contributed by atoms with Crippen LogP contribution in [0.2, 0.25) is 0 Å². The van der Waals surface area contributed by atoms with E-state index in [1.54, 1.807) is 11.8 Å². The zero-order valence-corrected chi connectivity index (χ0v) is 14.5. The molecule has 0 spiro atoms. The average Bonchev–Trinajstić information content (AvgIpc) is 3.19. The maximum atomic E-state index is 12.1. The Kier molecular flexibility index (Phi) is 5.26. The van der Waals surface area contributed by atoms with E-state index in [1.807, 2.05) is 30.0 Å². The average molecular weight is 332 g/mol. The van der Waals surface area contributed by atoms with Gasteiger partial charge >= 0.3 is 0 Å². The van der Waals surface area contributed by atoms with E-state index in [4.69, 9.17) is 0 Å². The zero-order valence-electron chi connectivity index (χ0n) is 13.6. The Labute approximate surface area is 142 Å². The largest absolute Gasteiger partial charge is 0.325 e. The molecule has 0 unspecified atom stereocenters. The number of carbonyl (C=O) groups excluding carboxylic acids is 2. The molecular formula is C18H24N2O2S. The molecule has 4 nitrogen and oxygen atoms in total. The van der Waals surface area contributed by atoms with Gasteiger partial charge in [0.2, 0.25) is 11.8 Å². The number of carbonyl (C=O) groups is 2. The first-order valence-corrected chi connectivity index (χ1v) is 9.51. The summed E-state index contributed by atoms with van der Waals surface area (Å²) >= 11 is 1.77. The fourth-order valence-electron chi connectivity index (χ4n) is 3.33. The topological polar surface area (TPSA) is 49.4 Å². The van der Waals surface area contributed by atoms with Crippen LogP contribution in [-0.2, 0) is 9.59 Å². The Balaban J connectivity index is 1.61. The first kappa shape index (κ1) is 16.4. The zero-order chi connectivity index (χ0) is 16.2. The van der Waals surface area contributed by atoms with Crippen molar-refractivity contribution in [1.29, 1.82) is 0 Å². The Hall–Kier alpha value is -1.49. The van der Waals surface area contributed by atoms with E-state index in [-0.39, 0.29) is 11.8 Å². The van der Waals surface area contributed by atoms with E-state index >= 15 is 0 Å². The molecule has 1 aliphatic carbocycles. The molecule has 2 aliphatic rings. The van der Waals surface area contributed by atoms with Crippen molar-refractivity contribution in [3.05, 3.63) is 23.8 Å². The molecule has 5 heteroatoms. The second kappa shape index (κ2) is 7.39. The van der Waals surface area contributed by atoms with Crippen LogP contribution >= 0.6 is 11.8 Å². The number of amides is 2. The van der Waals surface area contributed by atoms with Crippen molar-refractivity contribution in [2.75, 3.05) is 22.5 Å². The van der Waals surface area contributed by atoms with Crippen LogP contribution in [0.5, 0.6) is 0 Å². The van der Waals surface area contributed by atoms with Crippen molar-refractivity contribution >= 4 is 35.0 Å². The number of aryl methyl sites for hydroxylation is 1. The Morgan fingerprint density at radius 2 is 2.09 bits per heavy atom. The normalized spacial score (nSPS) is 18.7. The van der Waals surface area contributed by atoms with Gasteiger partial charge in [-0.2, -0.15) is 0 Å². The summed E-state index contributed by atoms with van der Waals surface area (Å²) in [7, 11) is 0. The van der Waals surface area contributed by atoms with Crippen molar-refractivity contribution in [1.82, 2.24) is 0 Å². The lowest BCUT2D eigenvalue weighted by Gasteiger charge is -2.19. The van der Waals surface area contributed by atoms with Crippen molar-refractivity contribution in [3.63, 3.8) is 0 Å². The molecule has 0 radical (unpaired) electrons. The fourth-order valence-corrected chi connectivity index (χ4v) is 4.45. The molecule has 1 saturated carbocycles. The van der Waals surface area contributed by atoms with E-state index in [9.17, 15) is 9.59 Å². The summed E-state index contributed by atoms with van der Waals surface area (Å²) in [6.07, 6.45) is 6.60. The second-order valence-corrected chi connectivity index (χ2v) is 7.70. The van der Waals surface area contributed by atoms with Crippen LogP contribution in [0.3, 0.4) is 0 Å². The number of benzene rings is 1. The van der Waals surface area contributed by atoms with Gasteiger partial charge in [-0.05, 0) is 43.9 Å². The van der Waals surface area contributed by atoms with Crippen molar-refractivity contribution < 1.29 is 9.59 Å². The summed E-state index contributed by atoms with van der Waals surface area (Å²) in [4.78, 5) is 25.9. The van der Waals surface area contributed by atoms with E-state index in [2.05, 4.69) is 5.32 Å². The molecule has 1 aromatic rings. The van der Waals surface area contributed by atoms with Gasteiger partial charge in [0.05, 0.1) is 5.75 Å². The maximum Gasteiger partial charge on any atom is 0.234 e. The minimum atomic E-state index is 0.0458. The number of hydrogen-bond donors (Lipinski definition) is 1. The van der Waals surface area contributed by atoms with Gasteiger partial charge in [-0.15, -0.1) is 11.8 Å². The van der Waals surface area contributed by atoms with Crippen LogP contribution in [0.15, 0.2) is 18.2 Å². The minimum absolute atomic E-state index is 0.0458. The van der Waals surface area contributed by atoms with Gasteiger partial charge in [0.1, 0.15) is 0 Å². The van der Waals surface area contributed by atoms with Gasteiger partial charge in [-0.25, -0.2) is 0 Å². The summed E-state index contributed by atoms with van der Waals surface area (Å²) < 4.78 is 0. The first-order valence-electron chi connectivity index (χ1n) is 8.46. The molecule has 2 amide bonds. The van der Waals surface area contributed by atoms with Gasteiger partial charge < -0.3 is 10.2 Å². The molecule has 2 fully saturated rings. The Morgan fingerprint density at radius 1 is 1.30 bits per heavy atom. The molecule has 1 heterocycles. The lowest BCUT2D eigenvalue weighted by Crippen LogP contribution is -2.25. The second-order valence-electron chi connectivity index (χ2n) is 6.42. The van der Waals surface area contributed by atoms with Crippen LogP contribution in [-0.4, -0.2) is 29.4 Å². The third-order valence-electron chi connectivity index (χ3n) is 4.61. The maximum absolute atomic E-state index is 12.1. The molecule has 0 aromatic heterocycles.